The molecule has 4 bridgehead atoms. The zero-order valence-electron chi connectivity index (χ0n) is 18.2. The molecule has 1 aliphatic carbocycles. The Morgan fingerprint density at radius 1 is 0.971 bits per heavy atom. The lowest BCUT2D eigenvalue weighted by Crippen LogP contribution is -2.18. The molecule has 0 unspecified atom stereocenters. The van der Waals surface area contributed by atoms with E-state index in [0.717, 1.165) is 43.4 Å². The number of H-pyrrole nitrogens is 1. The van der Waals surface area contributed by atoms with Crippen molar-refractivity contribution >= 4 is 70.4 Å². The fourth-order valence-corrected chi connectivity index (χ4v) is 5.98. The first-order valence-corrected chi connectivity index (χ1v) is 12.6. The molecule has 0 radical (unpaired) electrons. The first kappa shape index (κ1) is 19.5. The molecule has 8 nitrogen and oxygen atoms in total. The maximum atomic E-state index is 12.5. The minimum Gasteiger partial charge on any atom is -0.360 e. The van der Waals surface area contributed by atoms with Crippen LogP contribution in [0.4, 0.5) is 5.95 Å². The molecule has 0 spiro atoms. The van der Waals surface area contributed by atoms with Crippen molar-refractivity contribution in [1.29, 1.82) is 0 Å². The van der Waals surface area contributed by atoms with E-state index in [0.29, 0.717) is 29.6 Å². The van der Waals surface area contributed by atoms with Crippen LogP contribution < -0.4 is 4.72 Å². The molecule has 168 valence electrons. The van der Waals surface area contributed by atoms with Gasteiger partial charge in [-0.1, -0.05) is 29.4 Å². The predicted octanol–water partition coefficient (Wildman–Crippen LogP) is 5.33. The van der Waals surface area contributed by atoms with Gasteiger partial charge in [-0.05, 0) is 49.4 Å². The second-order valence-corrected chi connectivity index (χ2v) is 10.8. The van der Waals surface area contributed by atoms with Crippen molar-refractivity contribution in [2.75, 3.05) is 4.72 Å². The van der Waals surface area contributed by atoms with E-state index in [1.165, 1.54) is 0 Å². The Hall–Kier alpha value is -3.98. The topological polar surface area (TPSA) is 114 Å². The van der Waals surface area contributed by atoms with Gasteiger partial charge in [-0.15, -0.1) is 0 Å². The number of nitrogens with one attached hydrogen (secondary N) is 2. The summed E-state index contributed by atoms with van der Waals surface area (Å²) >= 11 is 0. The number of fused-ring (bicyclic) bond motifs is 12. The minimum atomic E-state index is -3.45. The smallest absolute Gasteiger partial charge is 0.237 e. The Morgan fingerprint density at radius 2 is 1.79 bits per heavy atom. The highest BCUT2D eigenvalue weighted by molar-refractivity contribution is 7.93. The molecule has 3 aromatic heterocycles. The normalized spacial score (nSPS) is 14.5. The van der Waals surface area contributed by atoms with Crippen molar-refractivity contribution in [2.24, 2.45) is 0 Å². The van der Waals surface area contributed by atoms with Gasteiger partial charge in [-0.3, -0.25) is 9.71 Å². The molecule has 0 aliphatic heterocycles. The van der Waals surface area contributed by atoms with E-state index in [9.17, 15) is 8.42 Å². The summed E-state index contributed by atoms with van der Waals surface area (Å²) in [5.74, 6) is 0.912. The molecule has 6 aromatic rings. The Kier molecular flexibility index (Phi) is 3.88. The number of rotatable bonds is 3. The summed E-state index contributed by atoms with van der Waals surface area (Å²) in [6, 6.07) is 16.0. The number of sulfonamides is 1. The molecule has 0 saturated heterocycles. The second-order valence-electron chi connectivity index (χ2n) is 8.79. The van der Waals surface area contributed by atoms with Crippen molar-refractivity contribution in [1.82, 2.24) is 20.1 Å². The van der Waals surface area contributed by atoms with Gasteiger partial charge >= 0.3 is 0 Å². The Labute approximate surface area is 193 Å². The van der Waals surface area contributed by atoms with E-state index in [1.54, 1.807) is 6.20 Å². The van der Waals surface area contributed by atoms with Crippen LogP contribution in [0.3, 0.4) is 0 Å². The highest BCUT2D eigenvalue weighted by Gasteiger charge is 2.36. The number of imidazole rings is 1. The average Bonchev–Trinajstić information content (AvgIpc) is 3.53. The van der Waals surface area contributed by atoms with Crippen LogP contribution in [0.25, 0.3) is 54.4 Å². The molecular weight excluding hydrogens is 450 g/mol. The van der Waals surface area contributed by atoms with Gasteiger partial charge in [0, 0.05) is 27.7 Å². The number of aromatic nitrogens is 4. The molecule has 7 rings (SSSR count). The van der Waals surface area contributed by atoms with Crippen LogP contribution in [-0.4, -0.2) is 33.8 Å². The molecule has 1 aliphatic rings. The number of hydrogen-bond donors (Lipinski definition) is 2. The van der Waals surface area contributed by atoms with Crippen LogP contribution in [0.5, 0.6) is 0 Å². The lowest BCUT2D eigenvalue weighted by atomic mass is 10.0. The third-order valence-corrected chi connectivity index (χ3v) is 8.27. The SMILES string of the molecule is Cc1onc2c3cccc(c3)c3ncccc3c3cc(cc4[nH]c(NS(=O)(=O)C5CC5)nc43)c12. The lowest BCUT2D eigenvalue weighted by molar-refractivity contribution is 0.406. The molecule has 34 heavy (non-hydrogen) atoms. The van der Waals surface area contributed by atoms with E-state index in [1.807, 2.05) is 43.3 Å². The van der Waals surface area contributed by atoms with Crippen LogP contribution in [0.2, 0.25) is 0 Å². The first-order valence-electron chi connectivity index (χ1n) is 11.1. The third kappa shape index (κ3) is 2.90. The van der Waals surface area contributed by atoms with Crippen molar-refractivity contribution in [3.05, 3.63) is 60.5 Å². The molecule has 0 atom stereocenters. The molecule has 2 N–H and O–H groups in total. The maximum Gasteiger partial charge on any atom is 0.237 e. The van der Waals surface area contributed by atoms with E-state index in [2.05, 4.69) is 32.0 Å². The zero-order chi connectivity index (χ0) is 23.0. The van der Waals surface area contributed by atoms with Crippen molar-refractivity contribution in [2.45, 2.75) is 25.0 Å². The molecule has 9 heteroatoms. The average molecular weight is 470 g/mol. The van der Waals surface area contributed by atoms with Gasteiger partial charge in [0.2, 0.25) is 16.0 Å². The van der Waals surface area contributed by atoms with E-state index >= 15 is 0 Å². The third-order valence-electron chi connectivity index (χ3n) is 6.45. The Bertz CT molecular complexity index is 1940. The van der Waals surface area contributed by atoms with E-state index in [-0.39, 0.29) is 11.2 Å². The fourth-order valence-electron chi connectivity index (χ4n) is 4.69. The molecular formula is C25H19N5O3S. The predicted molar refractivity (Wildman–Crippen MR) is 133 cm³/mol. The van der Waals surface area contributed by atoms with E-state index in [4.69, 9.17) is 9.51 Å². The fraction of sp³-hybridized carbons (Fsp3) is 0.160. The van der Waals surface area contributed by atoms with Gasteiger partial charge in [0.15, 0.2) is 0 Å². The van der Waals surface area contributed by atoms with Gasteiger partial charge in [-0.25, -0.2) is 13.4 Å². The Morgan fingerprint density at radius 3 is 2.62 bits per heavy atom. The molecule has 1 saturated carbocycles. The highest BCUT2D eigenvalue weighted by Crippen LogP contribution is 2.35. The lowest BCUT2D eigenvalue weighted by Gasteiger charge is -2.04. The largest absolute Gasteiger partial charge is 0.360 e. The van der Waals surface area contributed by atoms with Crippen LogP contribution >= 0.6 is 0 Å². The van der Waals surface area contributed by atoms with Gasteiger partial charge < -0.3 is 9.51 Å². The number of pyridine rings is 1. The van der Waals surface area contributed by atoms with Gasteiger partial charge in [0.05, 0.1) is 27.2 Å². The van der Waals surface area contributed by atoms with Crippen molar-refractivity contribution in [3.63, 3.8) is 0 Å². The van der Waals surface area contributed by atoms with Crippen molar-refractivity contribution < 1.29 is 12.9 Å². The number of anilines is 1. The van der Waals surface area contributed by atoms with Gasteiger partial charge in [0.25, 0.3) is 0 Å². The van der Waals surface area contributed by atoms with Crippen LogP contribution in [0, 0.1) is 6.92 Å². The molecule has 3 heterocycles. The number of nitrogens with zero attached hydrogens (tertiary/aromatic N) is 3. The standard InChI is InChI=1S/C25H19N5O3S/c1-13-21-16-11-19(24-20(12-16)27-25(28-24)30-34(31,32)17-7-8-17)18-6-3-9-26-22(18)14-4-2-5-15(10-14)23(21)29-33-13/h2-6,9-12,17H,7-8H2,1H3,(H2,27,28,30). The minimum absolute atomic E-state index is 0.212. The monoisotopic (exact) mass is 469 g/mol. The van der Waals surface area contributed by atoms with E-state index < -0.39 is 10.0 Å². The zero-order valence-corrected chi connectivity index (χ0v) is 19.0. The number of aryl methyl sites for hydroxylation is 1. The second kappa shape index (κ2) is 6.77. The van der Waals surface area contributed by atoms with Crippen LogP contribution in [-0.2, 0) is 10.0 Å². The number of benzene rings is 2. The quantitative estimate of drug-likeness (QED) is 0.362. The highest BCUT2D eigenvalue weighted by atomic mass is 32.2. The summed E-state index contributed by atoms with van der Waals surface area (Å²) in [6.45, 7) is 1.89. The van der Waals surface area contributed by atoms with Gasteiger partial charge in [-0.2, -0.15) is 0 Å². The van der Waals surface area contributed by atoms with Crippen LogP contribution in [0.1, 0.15) is 18.6 Å². The summed E-state index contributed by atoms with van der Waals surface area (Å²) in [4.78, 5) is 12.5. The molecule has 3 aromatic carbocycles. The summed E-state index contributed by atoms with van der Waals surface area (Å²) < 4.78 is 33.3. The summed E-state index contributed by atoms with van der Waals surface area (Å²) in [6.07, 6.45) is 3.12. The summed E-state index contributed by atoms with van der Waals surface area (Å²) in [5, 5.41) is 9.45. The summed E-state index contributed by atoms with van der Waals surface area (Å²) in [5.41, 5.74) is 2.94. The number of aromatic amines is 1. The maximum absolute atomic E-state index is 12.5. The Balaban J connectivity index is 1.69. The number of hydrogen-bond acceptors (Lipinski definition) is 6. The molecule has 1 fully saturated rings. The van der Waals surface area contributed by atoms with Crippen LogP contribution in [0.15, 0.2) is 59.3 Å². The molecule has 0 amide bonds. The van der Waals surface area contributed by atoms with Gasteiger partial charge in [0.1, 0.15) is 11.3 Å². The summed E-state index contributed by atoms with van der Waals surface area (Å²) in [7, 11) is -3.45. The first-order chi connectivity index (χ1) is 16.5. The van der Waals surface area contributed by atoms with Crippen molar-refractivity contribution in [3.8, 4) is 0 Å².